The average Bonchev–Trinajstić information content (AvgIpc) is 3.62. The lowest BCUT2D eigenvalue weighted by Crippen LogP contribution is -2.50. The number of amides is 2. The highest BCUT2D eigenvalue weighted by Gasteiger charge is 2.37. The molecule has 2 aromatic rings. The molecule has 1 aliphatic heterocycles. The minimum Gasteiger partial charge on any atom is -0.454 e. The van der Waals surface area contributed by atoms with Crippen LogP contribution in [0.2, 0.25) is 5.02 Å². The number of ether oxygens (including phenoxy) is 1. The number of carbonyl (C=O) groups excluding carboxylic acids is 3. The SMILES string of the molecule is CC(NC(=O)COC(=O)[C@@H]1Cc2ccccc2CN1C(=O)c1ccccc1Cl)C1CC1. The van der Waals surface area contributed by atoms with Crippen molar-refractivity contribution in [2.24, 2.45) is 5.92 Å². The van der Waals surface area contributed by atoms with Gasteiger partial charge in [-0.1, -0.05) is 48.0 Å². The molecule has 0 spiro atoms. The number of hydrogen-bond acceptors (Lipinski definition) is 4. The largest absolute Gasteiger partial charge is 0.454 e. The number of fused-ring (bicyclic) bond motifs is 1. The van der Waals surface area contributed by atoms with Gasteiger partial charge in [-0.25, -0.2) is 4.79 Å². The lowest BCUT2D eigenvalue weighted by Gasteiger charge is -2.35. The Hall–Kier alpha value is -2.86. The zero-order chi connectivity index (χ0) is 22.0. The number of hydrogen-bond donors (Lipinski definition) is 1. The number of nitrogens with zero attached hydrogens (tertiary/aromatic N) is 1. The van der Waals surface area contributed by atoms with Gasteiger partial charge in [0, 0.05) is 19.0 Å². The second-order valence-electron chi connectivity index (χ2n) is 8.20. The molecule has 2 amide bonds. The Kier molecular flexibility index (Phi) is 6.28. The predicted molar refractivity (Wildman–Crippen MR) is 117 cm³/mol. The van der Waals surface area contributed by atoms with Crippen molar-refractivity contribution in [3.63, 3.8) is 0 Å². The van der Waals surface area contributed by atoms with Gasteiger partial charge in [0.2, 0.25) is 0 Å². The molecule has 1 heterocycles. The zero-order valence-electron chi connectivity index (χ0n) is 17.3. The molecule has 0 aromatic heterocycles. The third-order valence-corrected chi connectivity index (χ3v) is 6.28. The first-order chi connectivity index (χ1) is 14.9. The molecule has 162 valence electrons. The van der Waals surface area contributed by atoms with E-state index in [4.69, 9.17) is 16.3 Å². The van der Waals surface area contributed by atoms with E-state index in [1.807, 2.05) is 31.2 Å². The van der Waals surface area contributed by atoms with Crippen LogP contribution in [0.1, 0.15) is 41.3 Å². The van der Waals surface area contributed by atoms with Crippen molar-refractivity contribution >= 4 is 29.4 Å². The van der Waals surface area contributed by atoms with E-state index >= 15 is 0 Å². The maximum absolute atomic E-state index is 13.3. The third kappa shape index (κ3) is 4.90. The second-order valence-corrected chi connectivity index (χ2v) is 8.61. The summed E-state index contributed by atoms with van der Waals surface area (Å²) in [6.07, 6.45) is 2.55. The summed E-state index contributed by atoms with van der Waals surface area (Å²) in [5.41, 5.74) is 2.29. The summed E-state index contributed by atoms with van der Waals surface area (Å²) >= 11 is 6.23. The highest BCUT2D eigenvalue weighted by atomic mass is 35.5. The number of halogens is 1. The van der Waals surface area contributed by atoms with Crippen LogP contribution in [-0.4, -0.2) is 41.4 Å². The molecule has 7 heteroatoms. The van der Waals surface area contributed by atoms with Crippen LogP contribution in [0.25, 0.3) is 0 Å². The first-order valence-corrected chi connectivity index (χ1v) is 10.9. The summed E-state index contributed by atoms with van der Waals surface area (Å²) in [6, 6.07) is 13.7. The summed E-state index contributed by atoms with van der Waals surface area (Å²) in [4.78, 5) is 39.9. The molecule has 2 atom stereocenters. The van der Waals surface area contributed by atoms with Gasteiger partial charge in [0.1, 0.15) is 6.04 Å². The fraction of sp³-hybridized carbons (Fsp3) is 0.375. The van der Waals surface area contributed by atoms with Gasteiger partial charge in [-0.2, -0.15) is 0 Å². The Labute approximate surface area is 186 Å². The molecular formula is C24H25ClN2O4. The number of nitrogens with one attached hydrogen (secondary N) is 1. The van der Waals surface area contributed by atoms with E-state index in [2.05, 4.69) is 5.32 Å². The molecule has 6 nitrogen and oxygen atoms in total. The van der Waals surface area contributed by atoms with Gasteiger partial charge in [-0.15, -0.1) is 0 Å². The fourth-order valence-corrected chi connectivity index (χ4v) is 4.20. The molecule has 4 rings (SSSR count). The van der Waals surface area contributed by atoms with E-state index in [1.165, 1.54) is 4.90 Å². The average molecular weight is 441 g/mol. The molecule has 0 saturated heterocycles. The van der Waals surface area contributed by atoms with Crippen molar-refractivity contribution in [3.05, 3.63) is 70.2 Å². The van der Waals surface area contributed by atoms with E-state index in [0.29, 0.717) is 22.9 Å². The normalized spacial score (nSPS) is 18.6. The van der Waals surface area contributed by atoms with Crippen LogP contribution in [0.15, 0.2) is 48.5 Å². The van der Waals surface area contributed by atoms with Crippen LogP contribution in [0.3, 0.4) is 0 Å². The lowest BCUT2D eigenvalue weighted by molar-refractivity contribution is -0.153. The van der Waals surface area contributed by atoms with E-state index in [0.717, 1.165) is 24.0 Å². The summed E-state index contributed by atoms with van der Waals surface area (Å²) in [5, 5.41) is 3.19. The smallest absolute Gasteiger partial charge is 0.329 e. The molecule has 1 aliphatic carbocycles. The van der Waals surface area contributed by atoms with E-state index in [-0.39, 0.29) is 31.0 Å². The van der Waals surface area contributed by atoms with Gasteiger partial charge in [0.15, 0.2) is 6.61 Å². The van der Waals surface area contributed by atoms with Gasteiger partial charge in [-0.05, 0) is 48.9 Å². The molecular weight excluding hydrogens is 416 g/mol. The van der Waals surface area contributed by atoms with Crippen LogP contribution in [0, 0.1) is 5.92 Å². The summed E-state index contributed by atoms with van der Waals surface area (Å²) < 4.78 is 5.33. The number of rotatable bonds is 6. The maximum Gasteiger partial charge on any atom is 0.329 e. The number of benzene rings is 2. The molecule has 1 unspecified atom stereocenters. The van der Waals surface area contributed by atoms with Crippen molar-refractivity contribution in [3.8, 4) is 0 Å². The standard InChI is InChI=1S/C24H25ClN2O4/c1-15(16-10-11-16)26-22(28)14-31-24(30)21-12-17-6-2-3-7-18(17)13-27(21)23(29)19-8-4-5-9-20(19)25/h2-9,15-16,21H,10-14H2,1H3,(H,26,28)/t15?,21-/m0/s1. The molecule has 1 fully saturated rings. The molecule has 31 heavy (non-hydrogen) atoms. The van der Waals surface area contributed by atoms with Crippen molar-refractivity contribution < 1.29 is 19.1 Å². The van der Waals surface area contributed by atoms with E-state index < -0.39 is 12.0 Å². The van der Waals surface area contributed by atoms with Crippen LogP contribution in [0.5, 0.6) is 0 Å². The first-order valence-electron chi connectivity index (χ1n) is 10.5. The zero-order valence-corrected chi connectivity index (χ0v) is 18.1. The topological polar surface area (TPSA) is 75.7 Å². The molecule has 2 aromatic carbocycles. The Bertz CT molecular complexity index is 1000. The van der Waals surface area contributed by atoms with Crippen LogP contribution in [-0.2, 0) is 27.3 Å². The van der Waals surface area contributed by atoms with Crippen molar-refractivity contribution in [2.75, 3.05) is 6.61 Å². The molecule has 2 aliphatic rings. The van der Waals surface area contributed by atoms with Crippen molar-refractivity contribution in [1.29, 1.82) is 0 Å². The van der Waals surface area contributed by atoms with E-state index in [9.17, 15) is 14.4 Å². The monoisotopic (exact) mass is 440 g/mol. The Balaban J connectivity index is 1.49. The highest BCUT2D eigenvalue weighted by Crippen LogP contribution is 2.32. The summed E-state index contributed by atoms with van der Waals surface area (Å²) in [5.74, 6) is -0.746. The molecule has 0 bridgehead atoms. The summed E-state index contributed by atoms with van der Waals surface area (Å²) in [6.45, 7) is 1.87. The number of esters is 1. The van der Waals surface area contributed by atoms with Gasteiger partial charge in [-0.3, -0.25) is 9.59 Å². The maximum atomic E-state index is 13.3. The van der Waals surface area contributed by atoms with Gasteiger partial charge < -0.3 is 15.0 Å². The van der Waals surface area contributed by atoms with Gasteiger partial charge in [0.05, 0.1) is 10.6 Å². The van der Waals surface area contributed by atoms with Gasteiger partial charge >= 0.3 is 5.97 Å². The number of carbonyl (C=O) groups is 3. The molecule has 0 radical (unpaired) electrons. The Morgan fingerprint density at radius 2 is 1.77 bits per heavy atom. The lowest BCUT2D eigenvalue weighted by atomic mass is 9.93. The fourth-order valence-electron chi connectivity index (χ4n) is 3.98. The Morgan fingerprint density at radius 3 is 2.48 bits per heavy atom. The predicted octanol–water partition coefficient (Wildman–Crippen LogP) is 3.37. The van der Waals surface area contributed by atoms with Crippen LogP contribution in [0.4, 0.5) is 0 Å². The van der Waals surface area contributed by atoms with Crippen LogP contribution >= 0.6 is 11.6 Å². The van der Waals surface area contributed by atoms with Crippen molar-refractivity contribution in [1.82, 2.24) is 10.2 Å². The first kappa shape index (κ1) is 21.4. The minimum atomic E-state index is -0.827. The Morgan fingerprint density at radius 1 is 1.10 bits per heavy atom. The quantitative estimate of drug-likeness (QED) is 0.699. The second kappa shape index (κ2) is 9.10. The third-order valence-electron chi connectivity index (χ3n) is 5.95. The molecule has 1 saturated carbocycles. The molecule has 1 N–H and O–H groups in total. The highest BCUT2D eigenvalue weighted by molar-refractivity contribution is 6.33. The van der Waals surface area contributed by atoms with Crippen LogP contribution < -0.4 is 5.32 Å². The minimum absolute atomic E-state index is 0.0751. The van der Waals surface area contributed by atoms with Crippen molar-refractivity contribution in [2.45, 2.75) is 44.8 Å². The van der Waals surface area contributed by atoms with Gasteiger partial charge in [0.25, 0.3) is 11.8 Å². The summed E-state index contributed by atoms with van der Waals surface area (Å²) in [7, 11) is 0. The van der Waals surface area contributed by atoms with E-state index in [1.54, 1.807) is 24.3 Å².